The third-order valence-electron chi connectivity index (χ3n) is 4.93. The molecule has 13 nitrogen and oxygen atoms in total. The molecule has 5 rings (SSSR count). The first-order valence-corrected chi connectivity index (χ1v) is 12.4. The molecule has 0 unspecified atom stereocenters. The Labute approximate surface area is 261 Å². The van der Waals surface area contributed by atoms with Crippen molar-refractivity contribution in [2.45, 2.75) is 9.79 Å². The fourth-order valence-electron chi connectivity index (χ4n) is 3.50. The molecular formula is C19H11ClN2Na2O11S2. The van der Waals surface area contributed by atoms with Gasteiger partial charge in [-0.05, 0) is 52.5 Å². The van der Waals surface area contributed by atoms with E-state index >= 15 is 0 Å². The number of alkyl halides is 1. The summed E-state index contributed by atoms with van der Waals surface area (Å²) in [6.45, 7) is 0. The SMILES string of the molecule is O=S(=O)(CCCl)c1ccc2c(c1)Oc1oc3c(SOO[O-])cc4cc(OOO[O-])ccc4c3[n+]1[N-]2.[Na+].[Na+]. The summed E-state index contributed by atoms with van der Waals surface area (Å²) in [6.07, 6.45) is -0.0832. The van der Waals surface area contributed by atoms with Crippen LogP contribution >= 0.6 is 23.6 Å². The summed E-state index contributed by atoms with van der Waals surface area (Å²) in [6, 6.07) is 10.5. The molecule has 0 bridgehead atoms. The van der Waals surface area contributed by atoms with Gasteiger partial charge in [-0.1, -0.05) is 6.07 Å². The van der Waals surface area contributed by atoms with Crippen LogP contribution in [-0.4, -0.2) is 20.1 Å². The Morgan fingerprint density at radius 2 is 1.89 bits per heavy atom. The van der Waals surface area contributed by atoms with Gasteiger partial charge in [-0.3, -0.25) is 10.1 Å². The Morgan fingerprint density at radius 3 is 2.62 bits per heavy atom. The Bertz CT molecular complexity index is 1540. The molecule has 184 valence electrons. The van der Waals surface area contributed by atoms with Gasteiger partial charge in [0.25, 0.3) is 5.52 Å². The zero-order chi connectivity index (χ0) is 24.6. The number of halogens is 1. The van der Waals surface area contributed by atoms with Crippen LogP contribution in [0.2, 0.25) is 0 Å². The monoisotopic (exact) mass is 588 g/mol. The first-order chi connectivity index (χ1) is 16.9. The van der Waals surface area contributed by atoms with Crippen LogP contribution in [0.1, 0.15) is 0 Å². The Kier molecular flexibility index (Phi) is 10.8. The van der Waals surface area contributed by atoms with Gasteiger partial charge in [-0.15, -0.1) is 11.6 Å². The van der Waals surface area contributed by atoms with Crippen LogP contribution in [0, 0.1) is 0 Å². The maximum absolute atomic E-state index is 12.4. The van der Waals surface area contributed by atoms with Gasteiger partial charge < -0.3 is 30.0 Å². The number of hydrogen-bond donors (Lipinski definition) is 0. The predicted octanol–water partition coefficient (Wildman–Crippen LogP) is -3.78. The van der Waals surface area contributed by atoms with E-state index in [0.29, 0.717) is 38.9 Å². The van der Waals surface area contributed by atoms with Gasteiger partial charge in [0.05, 0.1) is 33.0 Å². The predicted molar refractivity (Wildman–Crippen MR) is 112 cm³/mol. The van der Waals surface area contributed by atoms with Crippen LogP contribution in [0.4, 0.5) is 5.69 Å². The molecule has 0 atom stereocenters. The van der Waals surface area contributed by atoms with E-state index in [1.54, 1.807) is 12.1 Å². The molecule has 18 heteroatoms. The number of sulfone groups is 1. The molecule has 1 aliphatic heterocycles. The van der Waals surface area contributed by atoms with Crippen molar-refractivity contribution in [3.05, 3.63) is 47.9 Å². The summed E-state index contributed by atoms with van der Waals surface area (Å²) >= 11 is 6.17. The third-order valence-corrected chi connectivity index (χ3v) is 7.66. The van der Waals surface area contributed by atoms with Crippen molar-refractivity contribution < 1.29 is 116 Å². The van der Waals surface area contributed by atoms with Crippen LogP contribution < -0.4 is 83.9 Å². The molecule has 1 aliphatic rings. The number of rotatable bonds is 9. The van der Waals surface area contributed by atoms with E-state index in [1.807, 2.05) is 0 Å². The van der Waals surface area contributed by atoms with Crippen molar-refractivity contribution in [3.8, 4) is 17.6 Å². The molecule has 0 saturated heterocycles. The minimum Gasteiger partial charge on any atom is -0.691 e. The normalized spacial score (nSPS) is 12.1. The summed E-state index contributed by atoms with van der Waals surface area (Å²) in [5.74, 6) is -0.0000645. The zero-order valence-corrected chi connectivity index (χ0v) is 25.4. The van der Waals surface area contributed by atoms with E-state index in [9.17, 15) is 18.9 Å². The first kappa shape index (κ1) is 30.7. The fourth-order valence-corrected chi connectivity index (χ4v) is 5.60. The van der Waals surface area contributed by atoms with E-state index in [-0.39, 0.29) is 98.8 Å². The average molecular weight is 589 g/mol. The standard InChI is InChI=1S/C19H13ClN2O11S2.2Na/c20-5-6-35(25,26)12-2-4-14-15(9-12)27-19-22(21-14)17-13-3-1-11(29-32-30-23)7-10(13)8-16(18(17)28-19)34-33-31-24;;/h1-4,7-9,23-24H,5-6H2;;/q;2*+1/p-2. The number of nitrogens with zero attached hydrogens (tertiary/aromatic N) is 2. The maximum Gasteiger partial charge on any atom is 1.00 e. The smallest absolute Gasteiger partial charge is 0.691 e. The molecule has 4 aromatic rings. The van der Waals surface area contributed by atoms with Crippen LogP contribution in [0.25, 0.3) is 27.3 Å². The number of ether oxygens (including phenoxy) is 1. The molecule has 37 heavy (non-hydrogen) atoms. The number of aromatic nitrogens is 1. The summed E-state index contributed by atoms with van der Waals surface area (Å²) in [5, 5.41) is 32.2. The Hall–Kier alpha value is -0.860. The quantitative estimate of drug-likeness (QED) is 0.0412. The molecule has 1 aromatic heterocycles. The summed E-state index contributed by atoms with van der Waals surface area (Å²) in [5.41, 5.74) is 5.51. The molecule has 0 fully saturated rings. The van der Waals surface area contributed by atoms with Crippen molar-refractivity contribution >= 4 is 61.0 Å². The second kappa shape index (κ2) is 13.0. The molecule has 0 aliphatic carbocycles. The Balaban J connectivity index is 0.00000190. The van der Waals surface area contributed by atoms with Crippen molar-refractivity contribution in [2.24, 2.45) is 0 Å². The number of oxazole rings is 1. The summed E-state index contributed by atoms with van der Waals surface area (Å²) in [4.78, 5) is 5.04. The second-order valence-corrected chi connectivity index (χ2v) is 10.1. The number of benzene rings is 3. The number of hydrogen-bond acceptors (Lipinski definition) is 12. The Morgan fingerprint density at radius 1 is 1.08 bits per heavy atom. The van der Waals surface area contributed by atoms with Crippen molar-refractivity contribution in [1.82, 2.24) is 0 Å². The second-order valence-electron chi connectivity index (χ2n) is 6.89. The minimum atomic E-state index is -3.61. The topological polar surface area (TPSA) is 167 Å². The van der Waals surface area contributed by atoms with Gasteiger partial charge in [0, 0.05) is 5.88 Å². The van der Waals surface area contributed by atoms with Crippen LogP contribution in [-0.2, 0) is 29.3 Å². The minimum absolute atomic E-state index is 0. The van der Waals surface area contributed by atoms with Crippen molar-refractivity contribution in [2.75, 3.05) is 11.6 Å². The van der Waals surface area contributed by atoms with E-state index in [0.717, 1.165) is 0 Å². The molecule has 3 aromatic carbocycles. The molecule has 2 heterocycles. The molecule has 0 radical (unpaired) electrons. The molecule has 0 spiro atoms. The summed E-state index contributed by atoms with van der Waals surface area (Å²) in [7, 11) is -3.61. The molecule has 0 saturated carbocycles. The van der Waals surface area contributed by atoms with Gasteiger partial charge in [-0.25, -0.2) is 8.42 Å². The van der Waals surface area contributed by atoms with Gasteiger partial charge in [-0.2, -0.15) is 9.01 Å². The third kappa shape index (κ3) is 6.16. The van der Waals surface area contributed by atoms with Gasteiger partial charge in [0.1, 0.15) is 5.75 Å². The fraction of sp³-hybridized carbons (Fsp3) is 0.105. The summed E-state index contributed by atoms with van der Waals surface area (Å²) < 4.78 is 42.3. The molecule has 0 N–H and O–H groups in total. The van der Waals surface area contributed by atoms with E-state index in [1.165, 1.54) is 35.0 Å². The maximum atomic E-state index is 12.4. The largest absolute Gasteiger partial charge is 1.00 e. The first-order valence-electron chi connectivity index (χ1n) is 9.49. The van der Waals surface area contributed by atoms with Crippen LogP contribution in [0.3, 0.4) is 0 Å². The van der Waals surface area contributed by atoms with Crippen LogP contribution in [0.15, 0.2) is 56.7 Å². The average Bonchev–Trinajstić information content (AvgIpc) is 3.22. The van der Waals surface area contributed by atoms with Crippen LogP contribution in [0.5, 0.6) is 17.6 Å². The zero-order valence-electron chi connectivity index (χ0n) is 19.0. The van der Waals surface area contributed by atoms with E-state index in [2.05, 4.69) is 24.9 Å². The molecule has 0 amide bonds. The van der Waals surface area contributed by atoms with Gasteiger partial charge >= 0.3 is 65.2 Å². The van der Waals surface area contributed by atoms with Crippen molar-refractivity contribution in [3.63, 3.8) is 0 Å². The molecular weight excluding hydrogens is 578 g/mol. The van der Waals surface area contributed by atoms with Crippen molar-refractivity contribution in [1.29, 1.82) is 0 Å². The van der Waals surface area contributed by atoms with Gasteiger partial charge in [0.15, 0.2) is 15.6 Å². The number of fused-ring (bicyclic) bond motifs is 6. The van der Waals surface area contributed by atoms with Gasteiger partial charge in [0.2, 0.25) is 5.58 Å². The van der Waals surface area contributed by atoms with E-state index < -0.39 is 9.84 Å². The van der Waals surface area contributed by atoms with E-state index in [4.69, 9.17) is 25.6 Å².